The third kappa shape index (κ3) is 13.3. The molecule has 0 aliphatic heterocycles. The predicted octanol–water partition coefficient (Wildman–Crippen LogP) is 7.36. The first-order valence-electron chi connectivity index (χ1n) is 18.3. The van der Waals surface area contributed by atoms with Crippen molar-refractivity contribution in [2.75, 3.05) is 30.8 Å². The number of amides is 2. The molecule has 0 fully saturated rings. The first-order valence-corrected chi connectivity index (χ1v) is 20.1. The summed E-state index contributed by atoms with van der Waals surface area (Å²) in [7, 11) is -2.46. The van der Waals surface area contributed by atoms with E-state index < -0.39 is 51.4 Å². The number of carbonyl (C=O) groups excluding carboxylic acids is 2. The summed E-state index contributed by atoms with van der Waals surface area (Å²) in [6.07, 6.45) is -0.830. The highest BCUT2D eigenvalue weighted by Crippen LogP contribution is 2.31. The van der Waals surface area contributed by atoms with Gasteiger partial charge in [0.25, 0.3) is 5.91 Å². The van der Waals surface area contributed by atoms with Crippen LogP contribution < -0.4 is 14.4 Å². The highest BCUT2D eigenvalue weighted by molar-refractivity contribution is 7.92. The lowest BCUT2D eigenvalue weighted by Gasteiger charge is -2.32. The smallest absolute Gasteiger partial charge is 0.410 e. The molecular weight excluding hydrogens is 759 g/mol. The molecule has 306 valence electrons. The van der Waals surface area contributed by atoms with Crippen molar-refractivity contribution in [1.82, 2.24) is 10.2 Å². The molecule has 2 amide bonds. The first-order chi connectivity index (χ1) is 26.9. The van der Waals surface area contributed by atoms with Crippen LogP contribution in [-0.4, -0.2) is 80.4 Å². The average molecular weight is 809 g/mol. The van der Waals surface area contributed by atoms with Gasteiger partial charge < -0.3 is 29.6 Å². The summed E-state index contributed by atoms with van der Waals surface area (Å²) in [6.45, 7) is 8.55. The Balaban J connectivity index is 1.79. The molecule has 2 atom stereocenters. The summed E-state index contributed by atoms with van der Waals surface area (Å²) >= 11 is 0. The minimum atomic E-state index is -3.97. The van der Waals surface area contributed by atoms with E-state index in [1.54, 1.807) is 88.4 Å². The molecular formula is C42H50F2N4O8S. The van der Waals surface area contributed by atoms with Gasteiger partial charge in [-0.15, -0.1) is 0 Å². The van der Waals surface area contributed by atoms with Gasteiger partial charge in [-0.05, 0) is 106 Å². The maximum atomic E-state index is 14.4. The van der Waals surface area contributed by atoms with Gasteiger partial charge in [-0.2, -0.15) is 0 Å². The Morgan fingerprint density at radius 3 is 2.18 bits per heavy atom. The van der Waals surface area contributed by atoms with Crippen molar-refractivity contribution < 1.29 is 46.2 Å². The molecule has 0 saturated heterocycles. The Morgan fingerprint density at radius 1 is 0.895 bits per heavy atom. The minimum absolute atomic E-state index is 0.0244. The maximum absolute atomic E-state index is 14.4. The van der Waals surface area contributed by atoms with Gasteiger partial charge >= 0.3 is 6.09 Å². The lowest BCUT2D eigenvalue weighted by Crippen LogP contribution is -2.51. The zero-order valence-electron chi connectivity index (χ0n) is 33.2. The summed E-state index contributed by atoms with van der Waals surface area (Å²) in [4.78, 5) is 34.5. The Kier molecular flexibility index (Phi) is 15.2. The number of hydrogen-bond donors (Lipinski definition) is 2. The number of aliphatic hydroxyl groups excluding tert-OH is 1. The Morgan fingerprint density at radius 2 is 1.56 bits per heavy atom. The van der Waals surface area contributed by atoms with E-state index in [1.807, 2.05) is 6.92 Å². The fourth-order valence-electron chi connectivity index (χ4n) is 5.84. The fraction of sp³-hybridized carbons (Fsp3) is 0.357. The number of nitrogens with zero attached hydrogens (tertiary/aromatic N) is 3. The molecule has 0 saturated carbocycles. The fourth-order valence-corrected chi connectivity index (χ4v) is 6.84. The average Bonchev–Trinajstić information content (AvgIpc) is 3.13. The van der Waals surface area contributed by atoms with E-state index >= 15 is 0 Å². The molecule has 57 heavy (non-hydrogen) atoms. The SMILES string of the molecule is CCCO/N=C(\C)c1cc(C(=O)N[C@@H](Cc2cc(F)cc(F)c2)[C@H](O)CN(Cc2cccc(OC)c2)C(=O)OC(C)(C)C)cc(N(c2ccccc2)S(C)(=O)=O)c1. The number of carbonyl (C=O) groups is 2. The highest BCUT2D eigenvalue weighted by atomic mass is 32.2. The number of nitrogens with one attached hydrogen (secondary N) is 1. The van der Waals surface area contributed by atoms with Crippen LogP contribution in [0.3, 0.4) is 0 Å². The number of aliphatic hydroxyl groups is 1. The van der Waals surface area contributed by atoms with E-state index in [9.17, 15) is 31.9 Å². The van der Waals surface area contributed by atoms with Gasteiger partial charge in [-0.25, -0.2) is 26.3 Å². The third-order valence-electron chi connectivity index (χ3n) is 8.38. The highest BCUT2D eigenvalue weighted by Gasteiger charge is 2.31. The van der Waals surface area contributed by atoms with Crippen LogP contribution in [0.15, 0.2) is 96.2 Å². The number of benzene rings is 4. The van der Waals surface area contributed by atoms with E-state index in [-0.39, 0.29) is 36.3 Å². The van der Waals surface area contributed by atoms with Crippen LogP contribution >= 0.6 is 0 Å². The van der Waals surface area contributed by atoms with E-state index in [0.29, 0.717) is 47.4 Å². The van der Waals surface area contributed by atoms with E-state index in [0.717, 1.165) is 22.7 Å². The molecule has 0 bridgehead atoms. The van der Waals surface area contributed by atoms with Crippen molar-refractivity contribution in [3.63, 3.8) is 0 Å². The number of halogens is 2. The summed E-state index contributed by atoms with van der Waals surface area (Å²) in [5.41, 5.74) is 0.960. The predicted molar refractivity (Wildman–Crippen MR) is 215 cm³/mol. The van der Waals surface area contributed by atoms with Gasteiger partial charge in [0.2, 0.25) is 10.0 Å². The number of methoxy groups -OCH3 is 1. The van der Waals surface area contributed by atoms with Crippen molar-refractivity contribution >= 4 is 39.1 Å². The Hall–Kier alpha value is -5.54. The molecule has 2 N–H and O–H groups in total. The number of hydrogen-bond acceptors (Lipinski definition) is 9. The second kappa shape index (κ2) is 19.6. The van der Waals surface area contributed by atoms with Crippen LogP contribution in [0.4, 0.5) is 25.0 Å². The number of anilines is 2. The van der Waals surface area contributed by atoms with Crippen molar-refractivity contribution in [3.05, 3.63) is 125 Å². The molecule has 0 aliphatic rings. The molecule has 15 heteroatoms. The van der Waals surface area contributed by atoms with Crippen molar-refractivity contribution in [3.8, 4) is 5.75 Å². The van der Waals surface area contributed by atoms with Crippen molar-refractivity contribution in [2.24, 2.45) is 5.16 Å². The van der Waals surface area contributed by atoms with E-state index in [1.165, 1.54) is 24.1 Å². The van der Waals surface area contributed by atoms with Crippen LogP contribution in [0.5, 0.6) is 5.75 Å². The number of ether oxygens (including phenoxy) is 2. The number of rotatable bonds is 17. The van der Waals surface area contributed by atoms with Gasteiger partial charge in [-0.1, -0.05) is 42.4 Å². The van der Waals surface area contributed by atoms with Crippen LogP contribution in [0.2, 0.25) is 0 Å². The topological polar surface area (TPSA) is 147 Å². The van der Waals surface area contributed by atoms with E-state index in [4.69, 9.17) is 14.3 Å². The zero-order chi connectivity index (χ0) is 41.9. The number of oxime groups is 1. The molecule has 4 aromatic carbocycles. The molecule has 4 aromatic rings. The normalized spacial score (nSPS) is 13.0. The second-order valence-corrected chi connectivity index (χ2v) is 16.3. The van der Waals surface area contributed by atoms with Gasteiger partial charge in [0.15, 0.2) is 0 Å². The summed E-state index contributed by atoms with van der Waals surface area (Å²) in [6, 6.07) is 21.3. The van der Waals surface area contributed by atoms with Crippen LogP contribution in [0.1, 0.15) is 68.1 Å². The standard InChI is InChI=1S/C42H50F2N4O8S/c1-8-17-55-46-28(2)31-22-32(24-36(23-31)48(57(7,52)53)35-14-10-9-11-15-35)40(50)45-38(21-30-18-33(43)25-34(44)19-30)39(49)27-47(41(51)56-42(3,4)5)26-29-13-12-16-37(20-29)54-6/h9-16,18-20,22-25,38-39,49H,8,17,21,26-27H2,1-7H3,(H,45,50)/b46-28+/t38-,39+/m0/s1. The summed E-state index contributed by atoms with van der Waals surface area (Å²) < 4.78 is 67.5. The Labute approximate surface area is 333 Å². The Bertz CT molecular complexity index is 2130. The molecule has 0 heterocycles. The quantitative estimate of drug-likeness (QED) is 0.0640. The van der Waals surface area contributed by atoms with Crippen LogP contribution in [0, 0.1) is 11.6 Å². The lowest BCUT2D eigenvalue weighted by atomic mass is 9.99. The van der Waals surface area contributed by atoms with Gasteiger partial charge in [0.1, 0.15) is 29.6 Å². The third-order valence-corrected chi connectivity index (χ3v) is 9.46. The van der Waals surface area contributed by atoms with Crippen molar-refractivity contribution in [2.45, 2.75) is 71.8 Å². The van der Waals surface area contributed by atoms with Crippen LogP contribution in [0.25, 0.3) is 0 Å². The molecule has 4 rings (SSSR count). The van der Waals surface area contributed by atoms with Gasteiger partial charge in [0, 0.05) is 23.7 Å². The number of para-hydroxylation sites is 1. The van der Waals surface area contributed by atoms with Gasteiger partial charge in [-0.3, -0.25) is 4.79 Å². The first kappa shape index (κ1) is 44.2. The summed E-state index contributed by atoms with van der Waals surface area (Å²) in [5.74, 6) is -1.95. The van der Waals surface area contributed by atoms with Crippen LogP contribution in [-0.2, 0) is 32.6 Å². The molecule has 12 nitrogen and oxygen atoms in total. The lowest BCUT2D eigenvalue weighted by molar-refractivity contribution is 0.00836. The van der Waals surface area contributed by atoms with E-state index in [2.05, 4.69) is 10.5 Å². The molecule has 0 aromatic heterocycles. The molecule has 0 unspecified atom stereocenters. The number of sulfonamides is 1. The summed E-state index contributed by atoms with van der Waals surface area (Å²) in [5, 5.41) is 18.8. The second-order valence-electron chi connectivity index (χ2n) is 14.5. The zero-order valence-corrected chi connectivity index (χ0v) is 34.0. The molecule has 0 radical (unpaired) electrons. The molecule has 0 spiro atoms. The maximum Gasteiger partial charge on any atom is 0.410 e. The monoisotopic (exact) mass is 808 g/mol. The van der Waals surface area contributed by atoms with Gasteiger partial charge in [0.05, 0.1) is 49.1 Å². The molecule has 0 aliphatic carbocycles. The largest absolute Gasteiger partial charge is 0.497 e. The minimum Gasteiger partial charge on any atom is -0.497 e. The van der Waals surface area contributed by atoms with Crippen molar-refractivity contribution in [1.29, 1.82) is 0 Å².